The molecule has 0 fully saturated rings. The summed E-state index contributed by atoms with van der Waals surface area (Å²) in [5.41, 5.74) is 7.15. The maximum atomic E-state index is 13.0. The van der Waals surface area contributed by atoms with E-state index in [4.69, 9.17) is 0 Å². The van der Waals surface area contributed by atoms with E-state index in [1.54, 1.807) is 12.1 Å². The molecule has 140 valence electrons. The summed E-state index contributed by atoms with van der Waals surface area (Å²) in [5, 5.41) is 4.03. The number of fused-ring (bicyclic) bond motifs is 1. The van der Waals surface area contributed by atoms with E-state index in [2.05, 4.69) is 42.3 Å². The number of nitrogens with one attached hydrogen (secondary N) is 2. The van der Waals surface area contributed by atoms with Crippen molar-refractivity contribution in [2.45, 2.75) is 20.3 Å². The van der Waals surface area contributed by atoms with Crippen molar-refractivity contribution in [3.8, 4) is 0 Å². The average Bonchev–Trinajstić information content (AvgIpc) is 2.98. The number of aromatic amines is 1. The van der Waals surface area contributed by atoms with Crippen LogP contribution in [0.15, 0.2) is 66.7 Å². The molecule has 4 rings (SSSR count). The fraction of sp³-hybridized carbons (Fsp3) is 0.125. The summed E-state index contributed by atoms with van der Waals surface area (Å²) in [5.74, 6) is -0.538. The Labute approximate surface area is 163 Å². The van der Waals surface area contributed by atoms with Gasteiger partial charge in [0.15, 0.2) is 0 Å². The van der Waals surface area contributed by atoms with E-state index < -0.39 is 0 Å². The van der Waals surface area contributed by atoms with Gasteiger partial charge in [-0.2, -0.15) is 0 Å². The number of anilines is 1. The normalized spacial score (nSPS) is 11.0. The molecule has 3 aromatic carbocycles. The third-order valence-corrected chi connectivity index (χ3v) is 5.10. The van der Waals surface area contributed by atoms with E-state index in [0.29, 0.717) is 11.3 Å². The van der Waals surface area contributed by atoms with E-state index in [1.807, 2.05) is 24.3 Å². The molecular formula is C24H21FN2O. The van der Waals surface area contributed by atoms with Crippen LogP contribution in [0.5, 0.6) is 0 Å². The van der Waals surface area contributed by atoms with E-state index in [1.165, 1.54) is 34.3 Å². The van der Waals surface area contributed by atoms with Crippen molar-refractivity contribution in [1.82, 2.24) is 4.98 Å². The first-order valence-corrected chi connectivity index (χ1v) is 9.23. The lowest BCUT2D eigenvalue weighted by molar-refractivity contribution is 0.102. The Bertz CT molecular complexity index is 1140. The number of carbonyl (C=O) groups excluding carboxylic acids is 1. The summed E-state index contributed by atoms with van der Waals surface area (Å²) in [6.45, 7) is 4.22. The van der Waals surface area contributed by atoms with Crippen LogP contribution in [0.1, 0.15) is 32.7 Å². The summed E-state index contributed by atoms with van der Waals surface area (Å²) in [4.78, 5) is 15.7. The van der Waals surface area contributed by atoms with Crippen LogP contribution in [-0.4, -0.2) is 10.9 Å². The molecule has 0 atom stereocenters. The second-order valence-electron chi connectivity index (χ2n) is 7.09. The number of H-pyrrole nitrogens is 1. The number of amides is 1. The minimum Gasteiger partial charge on any atom is -0.358 e. The number of hydrogen-bond acceptors (Lipinski definition) is 1. The molecule has 1 heterocycles. The summed E-state index contributed by atoms with van der Waals surface area (Å²) in [7, 11) is 0. The topological polar surface area (TPSA) is 44.9 Å². The van der Waals surface area contributed by atoms with Gasteiger partial charge in [0.05, 0.1) is 0 Å². The molecule has 28 heavy (non-hydrogen) atoms. The molecule has 4 aromatic rings. The van der Waals surface area contributed by atoms with Crippen molar-refractivity contribution in [3.05, 3.63) is 100 Å². The van der Waals surface area contributed by atoms with E-state index in [0.717, 1.165) is 17.5 Å². The number of hydrogen-bond donors (Lipinski definition) is 2. The lowest BCUT2D eigenvalue weighted by atomic mass is 10.0. The fourth-order valence-electron chi connectivity index (χ4n) is 3.36. The molecule has 0 aliphatic rings. The quantitative estimate of drug-likeness (QED) is 0.469. The number of aryl methyl sites for hydroxylation is 2. The predicted octanol–water partition coefficient (Wildman–Crippen LogP) is 5.77. The average molecular weight is 372 g/mol. The van der Waals surface area contributed by atoms with Crippen LogP contribution in [0.4, 0.5) is 10.1 Å². The predicted molar refractivity (Wildman–Crippen MR) is 111 cm³/mol. The van der Waals surface area contributed by atoms with E-state index in [-0.39, 0.29) is 11.7 Å². The Hall–Kier alpha value is -3.40. The minimum absolute atomic E-state index is 0.210. The number of aromatic nitrogens is 1. The number of halogens is 1. The minimum atomic E-state index is -0.328. The highest BCUT2D eigenvalue weighted by Gasteiger charge is 2.08. The molecule has 0 aliphatic heterocycles. The molecular weight excluding hydrogens is 351 g/mol. The van der Waals surface area contributed by atoms with Gasteiger partial charge in [-0.15, -0.1) is 0 Å². The van der Waals surface area contributed by atoms with Crippen LogP contribution >= 0.6 is 0 Å². The Balaban J connectivity index is 1.47. The van der Waals surface area contributed by atoms with Crippen molar-refractivity contribution in [1.29, 1.82) is 0 Å². The van der Waals surface area contributed by atoms with Gasteiger partial charge >= 0.3 is 0 Å². The zero-order valence-corrected chi connectivity index (χ0v) is 15.8. The van der Waals surface area contributed by atoms with Crippen molar-refractivity contribution in [2.75, 3.05) is 5.32 Å². The maximum Gasteiger partial charge on any atom is 0.255 e. The second-order valence-corrected chi connectivity index (χ2v) is 7.09. The van der Waals surface area contributed by atoms with Gasteiger partial charge < -0.3 is 10.3 Å². The highest BCUT2D eigenvalue weighted by atomic mass is 19.1. The highest BCUT2D eigenvalue weighted by molar-refractivity contribution is 6.04. The van der Waals surface area contributed by atoms with Crippen molar-refractivity contribution < 1.29 is 9.18 Å². The molecule has 0 aliphatic carbocycles. The van der Waals surface area contributed by atoms with Crippen LogP contribution in [0, 0.1) is 19.7 Å². The summed E-state index contributed by atoms with van der Waals surface area (Å²) in [6.07, 6.45) is 0.805. The third-order valence-electron chi connectivity index (χ3n) is 5.10. The molecule has 3 nitrogen and oxygen atoms in total. The Morgan fingerprint density at radius 2 is 1.61 bits per heavy atom. The molecule has 0 unspecified atom stereocenters. The Morgan fingerprint density at radius 1 is 0.929 bits per heavy atom. The number of benzene rings is 3. The van der Waals surface area contributed by atoms with Gasteiger partial charge in [-0.3, -0.25) is 4.79 Å². The first-order chi connectivity index (χ1) is 13.5. The van der Waals surface area contributed by atoms with E-state index >= 15 is 0 Å². The van der Waals surface area contributed by atoms with Crippen LogP contribution in [0.3, 0.4) is 0 Å². The zero-order chi connectivity index (χ0) is 19.7. The standard InChI is InChI=1S/C24H21FN2O/c1-15-16(2)26-23-12-5-18(14-22(15)23)13-17-3-6-19(7-4-17)24(28)27-21-10-8-20(25)9-11-21/h3-12,14,26H,13H2,1-2H3,(H,27,28). The molecule has 1 amide bonds. The van der Waals surface area contributed by atoms with Crippen molar-refractivity contribution in [2.24, 2.45) is 0 Å². The van der Waals surface area contributed by atoms with Crippen LogP contribution in [-0.2, 0) is 6.42 Å². The highest BCUT2D eigenvalue weighted by Crippen LogP contribution is 2.23. The lowest BCUT2D eigenvalue weighted by Gasteiger charge is -2.07. The van der Waals surface area contributed by atoms with Gasteiger partial charge in [-0.25, -0.2) is 4.39 Å². The first kappa shape index (κ1) is 18.0. The molecule has 1 aromatic heterocycles. The molecule has 4 heteroatoms. The molecule has 0 spiro atoms. The van der Waals surface area contributed by atoms with Gasteiger partial charge in [0.2, 0.25) is 0 Å². The van der Waals surface area contributed by atoms with Crippen LogP contribution in [0.25, 0.3) is 10.9 Å². The molecule has 0 bridgehead atoms. The number of rotatable bonds is 4. The number of carbonyl (C=O) groups is 1. The third kappa shape index (κ3) is 3.67. The molecule has 2 N–H and O–H groups in total. The summed E-state index contributed by atoms with van der Waals surface area (Å²) in [6, 6.07) is 19.8. The maximum absolute atomic E-state index is 13.0. The van der Waals surface area contributed by atoms with Gasteiger partial charge in [0.25, 0.3) is 5.91 Å². The van der Waals surface area contributed by atoms with Gasteiger partial charge in [0, 0.05) is 27.8 Å². The first-order valence-electron chi connectivity index (χ1n) is 9.23. The summed E-state index contributed by atoms with van der Waals surface area (Å²) >= 11 is 0. The monoisotopic (exact) mass is 372 g/mol. The van der Waals surface area contributed by atoms with Gasteiger partial charge in [0.1, 0.15) is 5.82 Å². The smallest absolute Gasteiger partial charge is 0.255 e. The second kappa shape index (κ2) is 7.31. The van der Waals surface area contributed by atoms with Crippen molar-refractivity contribution in [3.63, 3.8) is 0 Å². The molecule has 0 radical (unpaired) electrons. The Kier molecular flexibility index (Phi) is 4.70. The van der Waals surface area contributed by atoms with Crippen LogP contribution < -0.4 is 5.32 Å². The Morgan fingerprint density at radius 3 is 2.32 bits per heavy atom. The van der Waals surface area contributed by atoms with Gasteiger partial charge in [-0.1, -0.05) is 18.2 Å². The zero-order valence-electron chi connectivity index (χ0n) is 15.8. The SMILES string of the molecule is Cc1[nH]c2ccc(Cc3ccc(C(=O)Nc4ccc(F)cc4)cc3)cc2c1C. The summed E-state index contributed by atoms with van der Waals surface area (Å²) < 4.78 is 13.0. The fourth-order valence-corrected chi connectivity index (χ4v) is 3.36. The van der Waals surface area contributed by atoms with Crippen molar-refractivity contribution >= 4 is 22.5 Å². The molecule has 0 saturated heterocycles. The molecule has 0 saturated carbocycles. The van der Waals surface area contributed by atoms with Gasteiger partial charge in [-0.05, 0) is 85.5 Å². The lowest BCUT2D eigenvalue weighted by Crippen LogP contribution is -2.11. The largest absolute Gasteiger partial charge is 0.358 e. The van der Waals surface area contributed by atoms with E-state index in [9.17, 15) is 9.18 Å². The van der Waals surface area contributed by atoms with Crippen LogP contribution in [0.2, 0.25) is 0 Å².